The average molecular weight is 497 g/mol. The molecular formula is C22H29BrN2O4S. The van der Waals surface area contributed by atoms with E-state index in [1.54, 1.807) is 25.1 Å². The Bertz CT molecular complexity index is 955. The maximum atomic E-state index is 13.3. The first-order valence-corrected chi connectivity index (χ1v) is 12.3. The molecule has 2 aromatic carbocycles. The molecule has 0 fully saturated rings. The number of benzene rings is 2. The molecule has 0 radical (unpaired) electrons. The van der Waals surface area contributed by atoms with Crippen LogP contribution in [-0.4, -0.2) is 61.6 Å². The van der Waals surface area contributed by atoms with E-state index in [1.165, 1.54) is 9.87 Å². The first kappa shape index (κ1) is 23.2. The third kappa shape index (κ3) is 5.23. The molecule has 0 amide bonds. The van der Waals surface area contributed by atoms with E-state index in [-0.39, 0.29) is 30.1 Å². The summed E-state index contributed by atoms with van der Waals surface area (Å²) in [6, 6.07) is 14.7. The molecule has 1 heterocycles. The molecule has 1 aliphatic heterocycles. The van der Waals surface area contributed by atoms with Crippen molar-refractivity contribution in [3.8, 4) is 5.75 Å². The molecule has 8 heteroatoms. The van der Waals surface area contributed by atoms with Crippen LogP contribution in [0.1, 0.15) is 19.4 Å². The van der Waals surface area contributed by atoms with Crippen molar-refractivity contribution in [1.82, 2.24) is 9.21 Å². The van der Waals surface area contributed by atoms with Gasteiger partial charge in [0.1, 0.15) is 16.7 Å². The highest BCUT2D eigenvalue weighted by atomic mass is 79.9. The van der Waals surface area contributed by atoms with Crippen molar-refractivity contribution in [2.75, 3.05) is 26.7 Å². The van der Waals surface area contributed by atoms with Gasteiger partial charge in [-0.25, -0.2) is 8.42 Å². The molecule has 0 spiro atoms. The summed E-state index contributed by atoms with van der Waals surface area (Å²) in [6.45, 7) is 5.18. The summed E-state index contributed by atoms with van der Waals surface area (Å²) in [5.41, 5.74) is 1.21. The Kier molecular flexibility index (Phi) is 7.57. The highest BCUT2D eigenvalue weighted by molar-refractivity contribution is 9.10. The zero-order valence-corrected chi connectivity index (χ0v) is 19.9. The lowest BCUT2D eigenvalue weighted by Gasteiger charge is -2.37. The fourth-order valence-electron chi connectivity index (χ4n) is 3.68. The second-order valence-electron chi connectivity index (χ2n) is 8.01. The van der Waals surface area contributed by atoms with Gasteiger partial charge in [-0.1, -0.05) is 53.2 Å². The molecule has 6 nitrogen and oxygen atoms in total. The van der Waals surface area contributed by atoms with Crippen LogP contribution >= 0.6 is 15.9 Å². The van der Waals surface area contributed by atoms with Crippen molar-refractivity contribution in [2.24, 2.45) is 5.92 Å². The van der Waals surface area contributed by atoms with Gasteiger partial charge in [-0.2, -0.15) is 4.31 Å². The van der Waals surface area contributed by atoms with Gasteiger partial charge in [0.25, 0.3) is 0 Å². The molecule has 1 N–H and O–H groups in total. The van der Waals surface area contributed by atoms with E-state index in [4.69, 9.17) is 4.74 Å². The van der Waals surface area contributed by atoms with E-state index in [0.717, 1.165) is 11.0 Å². The highest BCUT2D eigenvalue weighted by Gasteiger charge is 2.38. The van der Waals surface area contributed by atoms with Gasteiger partial charge in [-0.15, -0.1) is 0 Å². The topological polar surface area (TPSA) is 70.1 Å². The van der Waals surface area contributed by atoms with Gasteiger partial charge in [-0.05, 0) is 37.7 Å². The molecule has 1 aliphatic rings. The van der Waals surface area contributed by atoms with E-state index in [0.29, 0.717) is 12.3 Å². The summed E-state index contributed by atoms with van der Waals surface area (Å²) in [5, 5.41) is 9.68. The van der Waals surface area contributed by atoms with E-state index in [9.17, 15) is 13.5 Å². The Morgan fingerprint density at radius 1 is 1.27 bits per heavy atom. The second kappa shape index (κ2) is 9.78. The lowest BCUT2D eigenvalue weighted by molar-refractivity contribution is 0.0733. The number of hydrogen-bond donors (Lipinski definition) is 1. The molecule has 0 saturated carbocycles. The molecule has 3 atom stereocenters. The fraction of sp³-hybridized carbons (Fsp3) is 0.455. The third-order valence-corrected chi connectivity index (χ3v) is 7.93. The number of aliphatic hydroxyl groups excluding tert-OH is 1. The van der Waals surface area contributed by atoms with Crippen molar-refractivity contribution in [1.29, 1.82) is 0 Å². The molecule has 0 unspecified atom stereocenters. The maximum Gasteiger partial charge on any atom is 0.247 e. The molecular weight excluding hydrogens is 468 g/mol. The van der Waals surface area contributed by atoms with Crippen LogP contribution in [0.15, 0.2) is 57.9 Å². The number of sulfonamides is 1. The van der Waals surface area contributed by atoms with E-state index < -0.39 is 16.1 Å². The molecule has 164 valence electrons. The molecule has 0 aliphatic carbocycles. The number of aliphatic hydroxyl groups is 1. The van der Waals surface area contributed by atoms with Crippen LogP contribution in [0.4, 0.5) is 0 Å². The highest BCUT2D eigenvalue weighted by Crippen LogP contribution is 2.35. The summed E-state index contributed by atoms with van der Waals surface area (Å²) < 4.78 is 35.1. The smallest absolute Gasteiger partial charge is 0.247 e. The van der Waals surface area contributed by atoms with Gasteiger partial charge >= 0.3 is 0 Å². The lowest BCUT2D eigenvalue weighted by atomic mass is 10.0. The summed E-state index contributed by atoms with van der Waals surface area (Å²) >= 11 is 3.42. The molecule has 30 heavy (non-hydrogen) atoms. The van der Waals surface area contributed by atoms with Crippen LogP contribution in [0, 0.1) is 5.92 Å². The standard InChI is InChI=1S/C22H29BrN2O4S/c1-16-12-25(17(2)15-26)30(27,28)22-10-9-19(23)11-20(22)29-21(16)14-24(3)13-18-7-5-4-6-8-18/h4-11,16-17,21,26H,12-15H2,1-3H3/t16-,17+,21-/m1/s1. The maximum absolute atomic E-state index is 13.3. The van der Waals surface area contributed by atoms with Crippen molar-refractivity contribution in [2.45, 2.75) is 37.4 Å². The van der Waals surface area contributed by atoms with Gasteiger partial charge in [0.05, 0.1) is 6.61 Å². The van der Waals surface area contributed by atoms with Crippen molar-refractivity contribution in [3.05, 3.63) is 58.6 Å². The summed E-state index contributed by atoms with van der Waals surface area (Å²) in [7, 11) is -1.75. The predicted molar refractivity (Wildman–Crippen MR) is 121 cm³/mol. The Hall–Kier alpha value is -1.45. The van der Waals surface area contributed by atoms with Crippen molar-refractivity contribution < 1.29 is 18.3 Å². The first-order chi connectivity index (χ1) is 14.2. The van der Waals surface area contributed by atoms with Crippen LogP contribution in [0.5, 0.6) is 5.75 Å². The lowest BCUT2D eigenvalue weighted by Crippen LogP contribution is -2.49. The Balaban J connectivity index is 1.92. The Morgan fingerprint density at radius 2 is 1.97 bits per heavy atom. The van der Waals surface area contributed by atoms with Crippen LogP contribution in [0.3, 0.4) is 0 Å². The minimum Gasteiger partial charge on any atom is -0.487 e. The third-order valence-electron chi connectivity index (χ3n) is 5.42. The molecule has 2 aromatic rings. The number of hydrogen-bond acceptors (Lipinski definition) is 5. The minimum atomic E-state index is -3.79. The van der Waals surface area contributed by atoms with Crippen LogP contribution in [0.25, 0.3) is 0 Å². The molecule has 3 rings (SSSR count). The number of likely N-dealkylation sites (N-methyl/N-ethyl adjacent to an activating group) is 1. The average Bonchev–Trinajstić information content (AvgIpc) is 2.70. The number of ether oxygens (including phenoxy) is 1. The zero-order chi connectivity index (χ0) is 21.9. The van der Waals surface area contributed by atoms with Crippen molar-refractivity contribution >= 4 is 26.0 Å². The van der Waals surface area contributed by atoms with E-state index in [2.05, 4.69) is 33.0 Å². The number of rotatable bonds is 6. The van der Waals surface area contributed by atoms with E-state index in [1.807, 2.05) is 32.2 Å². The minimum absolute atomic E-state index is 0.0703. The second-order valence-corrected chi connectivity index (χ2v) is 10.8. The molecule has 0 bridgehead atoms. The number of fused-ring (bicyclic) bond motifs is 1. The fourth-order valence-corrected chi connectivity index (χ4v) is 5.85. The van der Waals surface area contributed by atoms with Crippen LogP contribution in [-0.2, 0) is 16.6 Å². The molecule has 0 saturated heterocycles. The molecule has 0 aromatic heterocycles. The quantitative estimate of drug-likeness (QED) is 0.663. The number of halogens is 1. The normalized spacial score (nSPS) is 22.6. The predicted octanol–water partition coefficient (Wildman–Crippen LogP) is 3.35. The van der Waals surface area contributed by atoms with Gasteiger partial charge in [0, 0.05) is 36.1 Å². The van der Waals surface area contributed by atoms with Crippen LogP contribution < -0.4 is 4.74 Å². The SMILES string of the molecule is C[C@@H]1CN([C@@H](C)CO)S(=O)(=O)c2ccc(Br)cc2O[C@@H]1CN(C)Cc1ccccc1. The van der Waals surface area contributed by atoms with Crippen molar-refractivity contribution in [3.63, 3.8) is 0 Å². The Labute approximate surface area is 187 Å². The summed E-state index contributed by atoms with van der Waals surface area (Å²) in [5.74, 6) is 0.267. The monoisotopic (exact) mass is 496 g/mol. The van der Waals surface area contributed by atoms with Gasteiger partial charge in [-0.3, -0.25) is 4.90 Å². The summed E-state index contributed by atoms with van der Waals surface area (Å²) in [4.78, 5) is 2.32. The van der Waals surface area contributed by atoms with Gasteiger partial charge < -0.3 is 9.84 Å². The largest absolute Gasteiger partial charge is 0.487 e. The van der Waals surface area contributed by atoms with Crippen LogP contribution in [0.2, 0.25) is 0 Å². The first-order valence-electron chi connectivity index (χ1n) is 10.0. The van der Waals surface area contributed by atoms with Gasteiger partial charge in [0.15, 0.2) is 0 Å². The number of nitrogens with zero attached hydrogens (tertiary/aromatic N) is 2. The van der Waals surface area contributed by atoms with E-state index >= 15 is 0 Å². The zero-order valence-electron chi connectivity index (χ0n) is 17.5. The Morgan fingerprint density at radius 3 is 2.63 bits per heavy atom. The summed E-state index contributed by atoms with van der Waals surface area (Å²) in [6.07, 6.45) is -0.212. The van der Waals surface area contributed by atoms with Gasteiger partial charge in [0.2, 0.25) is 10.0 Å².